The smallest absolute Gasteiger partial charge is 0.111 e. The molecule has 0 amide bonds. The minimum absolute atomic E-state index is 0.899. The van der Waals surface area contributed by atoms with Crippen molar-refractivity contribution in [3.63, 3.8) is 0 Å². The van der Waals surface area contributed by atoms with Gasteiger partial charge in [0.05, 0.1) is 11.2 Å². The number of hydrogen-bond donors (Lipinski definition) is 0. The van der Waals surface area contributed by atoms with Crippen LogP contribution in [0.5, 0.6) is 0 Å². The third kappa shape index (κ3) is 0.897. The van der Waals surface area contributed by atoms with E-state index >= 15 is 0 Å². The van der Waals surface area contributed by atoms with Gasteiger partial charge >= 0.3 is 0 Å². The standard InChI is InChI=1S/C9H11N3/c1-3-12-8-5-4-6-10-9(8)7(2)11-12/h4-6H,3H2,1-2H3. The molecule has 2 aromatic rings. The van der Waals surface area contributed by atoms with Crippen LogP contribution in [0.2, 0.25) is 0 Å². The molecule has 2 aromatic heterocycles. The average molecular weight is 161 g/mol. The summed E-state index contributed by atoms with van der Waals surface area (Å²) >= 11 is 0. The summed E-state index contributed by atoms with van der Waals surface area (Å²) in [6.07, 6.45) is 1.80. The quantitative estimate of drug-likeness (QED) is 0.638. The molecule has 0 radical (unpaired) electrons. The van der Waals surface area contributed by atoms with Crippen molar-refractivity contribution >= 4 is 11.0 Å². The Kier molecular flexibility index (Phi) is 1.57. The van der Waals surface area contributed by atoms with Crippen LogP contribution in [0.15, 0.2) is 18.3 Å². The summed E-state index contributed by atoms with van der Waals surface area (Å²) in [4.78, 5) is 4.27. The predicted octanol–water partition coefficient (Wildman–Crippen LogP) is 1.76. The normalized spacial score (nSPS) is 10.8. The summed E-state index contributed by atoms with van der Waals surface area (Å²) in [5.74, 6) is 0. The largest absolute Gasteiger partial charge is 0.263 e. The van der Waals surface area contributed by atoms with E-state index in [-0.39, 0.29) is 0 Å². The van der Waals surface area contributed by atoms with Crippen LogP contribution in [-0.2, 0) is 6.54 Å². The van der Waals surface area contributed by atoms with Crippen molar-refractivity contribution in [1.29, 1.82) is 0 Å². The van der Waals surface area contributed by atoms with Crippen molar-refractivity contribution < 1.29 is 0 Å². The van der Waals surface area contributed by atoms with Gasteiger partial charge in [-0.15, -0.1) is 0 Å². The molecule has 62 valence electrons. The summed E-state index contributed by atoms with van der Waals surface area (Å²) in [6, 6.07) is 3.99. The summed E-state index contributed by atoms with van der Waals surface area (Å²) in [7, 11) is 0. The molecule has 0 atom stereocenters. The number of hydrogen-bond acceptors (Lipinski definition) is 2. The maximum Gasteiger partial charge on any atom is 0.111 e. The van der Waals surface area contributed by atoms with Crippen molar-refractivity contribution in [2.24, 2.45) is 0 Å². The van der Waals surface area contributed by atoms with E-state index in [1.165, 1.54) is 0 Å². The lowest BCUT2D eigenvalue weighted by Crippen LogP contribution is -1.95. The third-order valence-corrected chi connectivity index (χ3v) is 1.98. The SMILES string of the molecule is CCn1nc(C)c2ncccc21. The molecular formula is C9H11N3. The minimum atomic E-state index is 0.899. The number of aromatic nitrogens is 3. The van der Waals surface area contributed by atoms with E-state index in [9.17, 15) is 0 Å². The Balaban J connectivity index is 2.82. The zero-order valence-corrected chi connectivity index (χ0v) is 7.28. The second-order valence-corrected chi connectivity index (χ2v) is 2.77. The minimum Gasteiger partial charge on any atom is -0.263 e. The van der Waals surface area contributed by atoms with Crippen LogP contribution in [0.1, 0.15) is 12.6 Å². The van der Waals surface area contributed by atoms with Crippen LogP contribution in [-0.4, -0.2) is 14.8 Å². The number of rotatable bonds is 1. The van der Waals surface area contributed by atoms with E-state index < -0.39 is 0 Å². The van der Waals surface area contributed by atoms with E-state index in [0.29, 0.717) is 0 Å². The topological polar surface area (TPSA) is 30.7 Å². The molecular weight excluding hydrogens is 150 g/mol. The molecule has 0 aliphatic carbocycles. The van der Waals surface area contributed by atoms with Gasteiger partial charge in [0.15, 0.2) is 0 Å². The van der Waals surface area contributed by atoms with E-state index in [4.69, 9.17) is 0 Å². The zero-order valence-electron chi connectivity index (χ0n) is 7.28. The van der Waals surface area contributed by atoms with E-state index in [2.05, 4.69) is 17.0 Å². The highest BCUT2D eigenvalue weighted by Gasteiger charge is 2.04. The Morgan fingerprint density at radius 2 is 2.33 bits per heavy atom. The van der Waals surface area contributed by atoms with E-state index in [1.54, 1.807) is 6.20 Å². The Morgan fingerprint density at radius 3 is 3.08 bits per heavy atom. The molecule has 0 fully saturated rings. The first-order chi connectivity index (χ1) is 5.83. The number of fused-ring (bicyclic) bond motifs is 1. The lowest BCUT2D eigenvalue weighted by molar-refractivity contribution is 0.676. The summed E-state index contributed by atoms with van der Waals surface area (Å²) in [5.41, 5.74) is 3.14. The van der Waals surface area contributed by atoms with Gasteiger partial charge in [0.25, 0.3) is 0 Å². The fourth-order valence-corrected chi connectivity index (χ4v) is 1.41. The maximum atomic E-state index is 4.36. The van der Waals surface area contributed by atoms with E-state index in [0.717, 1.165) is 23.3 Å². The van der Waals surface area contributed by atoms with Crippen molar-refractivity contribution in [1.82, 2.24) is 14.8 Å². The molecule has 0 saturated heterocycles. The lowest BCUT2D eigenvalue weighted by Gasteiger charge is -1.95. The first-order valence-corrected chi connectivity index (χ1v) is 4.11. The monoisotopic (exact) mass is 161 g/mol. The van der Waals surface area contributed by atoms with Gasteiger partial charge in [-0.25, -0.2) is 0 Å². The molecule has 0 N–H and O–H groups in total. The van der Waals surface area contributed by atoms with Gasteiger partial charge in [-0.2, -0.15) is 5.10 Å². The van der Waals surface area contributed by atoms with Crippen LogP contribution >= 0.6 is 0 Å². The third-order valence-electron chi connectivity index (χ3n) is 1.98. The Labute approximate surface area is 71.0 Å². The van der Waals surface area contributed by atoms with Crippen LogP contribution in [0, 0.1) is 6.92 Å². The average Bonchev–Trinajstić information content (AvgIpc) is 2.44. The highest BCUT2D eigenvalue weighted by molar-refractivity contribution is 5.76. The van der Waals surface area contributed by atoms with Gasteiger partial charge in [0, 0.05) is 12.7 Å². The molecule has 0 aromatic carbocycles. The maximum absolute atomic E-state index is 4.36. The fraction of sp³-hybridized carbons (Fsp3) is 0.333. The summed E-state index contributed by atoms with van der Waals surface area (Å²) in [5, 5.41) is 4.36. The number of aryl methyl sites for hydroxylation is 2. The molecule has 0 bridgehead atoms. The fourth-order valence-electron chi connectivity index (χ4n) is 1.41. The number of nitrogens with zero attached hydrogens (tertiary/aromatic N) is 3. The molecule has 0 spiro atoms. The van der Waals surface area contributed by atoms with E-state index in [1.807, 2.05) is 23.7 Å². The van der Waals surface area contributed by atoms with Gasteiger partial charge in [-0.05, 0) is 26.0 Å². The Hall–Kier alpha value is -1.38. The summed E-state index contributed by atoms with van der Waals surface area (Å²) < 4.78 is 1.97. The van der Waals surface area contributed by atoms with Gasteiger partial charge in [0.1, 0.15) is 5.52 Å². The molecule has 2 rings (SSSR count). The highest BCUT2D eigenvalue weighted by atomic mass is 15.3. The van der Waals surface area contributed by atoms with Crippen LogP contribution in [0.25, 0.3) is 11.0 Å². The van der Waals surface area contributed by atoms with Crippen molar-refractivity contribution in [2.45, 2.75) is 20.4 Å². The Morgan fingerprint density at radius 1 is 1.50 bits per heavy atom. The van der Waals surface area contributed by atoms with Gasteiger partial charge in [-0.3, -0.25) is 9.67 Å². The molecule has 0 saturated carbocycles. The summed E-state index contributed by atoms with van der Waals surface area (Å²) in [6.45, 7) is 4.97. The van der Waals surface area contributed by atoms with Gasteiger partial charge in [0.2, 0.25) is 0 Å². The molecule has 2 heterocycles. The molecule has 0 unspecified atom stereocenters. The van der Waals surface area contributed by atoms with Crippen molar-refractivity contribution in [2.75, 3.05) is 0 Å². The van der Waals surface area contributed by atoms with Gasteiger partial charge in [-0.1, -0.05) is 0 Å². The second kappa shape index (κ2) is 2.59. The second-order valence-electron chi connectivity index (χ2n) is 2.77. The molecule has 0 aliphatic rings. The van der Waals surface area contributed by atoms with Crippen LogP contribution < -0.4 is 0 Å². The first-order valence-electron chi connectivity index (χ1n) is 4.11. The predicted molar refractivity (Wildman–Crippen MR) is 47.9 cm³/mol. The van der Waals surface area contributed by atoms with Gasteiger partial charge < -0.3 is 0 Å². The molecule has 3 nitrogen and oxygen atoms in total. The highest BCUT2D eigenvalue weighted by Crippen LogP contribution is 2.13. The number of pyridine rings is 1. The molecule has 3 heteroatoms. The van der Waals surface area contributed by atoms with Crippen LogP contribution in [0.3, 0.4) is 0 Å². The van der Waals surface area contributed by atoms with Crippen molar-refractivity contribution in [3.05, 3.63) is 24.0 Å². The zero-order chi connectivity index (χ0) is 8.55. The van der Waals surface area contributed by atoms with Crippen molar-refractivity contribution in [3.8, 4) is 0 Å². The van der Waals surface area contributed by atoms with Crippen LogP contribution in [0.4, 0.5) is 0 Å². The lowest BCUT2D eigenvalue weighted by atomic mass is 10.3. The molecule has 12 heavy (non-hydrogen) atoms. The Bertz CT molecular complexity index is 403. The first kappa shape index (κ1) is 7.28. The molecule has 0 aliphatic heterocycles.